The third-order valence-corrected chi connectivity index (χ3v) is 6.13. The predicted octanol–water partition coefficient (Wildman–Crippen LogP) is 6.18. The van der Waals surface area contributed by atoms with E-state index in [9.17, 15) is 28.2 Å². The van der Waals surface area contributed by atoms with Crippen LogP contribution in [0.1, 0.15) is 28.3 Å². The Labute approximate surface area is 193 Å². The molecule has 1 atom stereocenters. The van der Waals surface area contributed by atoms with Crippen molar-refractivity contribution in [2.45, 2.75) is 19.4 Å². The predicted molar refractivity (Wildman–Crippen MR) is 115 cm³/mol. The maximum atomic E-state index is 12.5. The van der Waals surface area contributed by atoms with E-state index >= 15 is 0 Å². The molecule has 172 valence electrons. The molecule has 0 unspecified atom stereocenters. The Hall–Kier alpha value is -3.44. The molecule has 0 bridgehead atoms. The third kappa shape index (κ3) is 4.69. The van der Waals surface area contributed by atoms with Crippen LogP contribution in [0.5, 0.6) is 17.2 Å². The van der Waals surface area contributed by atoms with Gasteiger partial charge in [0.1, 0.15) is 34.7 Å². The number of aromatic nitrogens is 2. The molecule has 33 heavy (non-hydrogen) atoms. The Balaban J connectivity index is 1.69. The number of imidazole rings is 1. The Morgan fingerprint density at radius 1 is 1.24 bits per heavy atom. The van der Waals surface area contributed by atoms with E-state index in [1.54, 1.807) is 19.1 Å². The molecule has 0 aliphatic carbocycles. The minimum atomic E-state index is -4.83. The van der Waals surface area contributed by atoms with Crippen molar-refractivity contribution in [3.8, 4) is 22.2 Å². The molecule has 4 rings (SSSR count). The maximum absolute atomic E-state index is 12.5. The highest BCUT2D eigenvalue weighted by Crippen LogP contribution is 2.39. The number of rotatable bonds is 6. The molecule has 12 heteroatoms. The van der Waals surface area contributed by atoms with Gasteiger partial charge in [-0.05, 0) is 25.1 Å². The number of carbonyl (C=O) groups is 1. The average molecular weight is 499 g/mol. The van der Waals surface area contributed by atoms with Crippen LogP contribution in [-0.2, 0) is 0 Å². The van der Waals surface area contributed by atoms with Crippen LogP contribution in [0.3, 0.4) is 0 Å². The van der Waals surface area contributed by atoms with E-state index < -0.39 is 24.2 Å². The summed E-state index contributed by atoms with van der Waals surface area (Å²) in [7, 11) is 0. The van der Waals surface area contributed by atoms with Gasteiger partial charge >= 0.3 is 12.3 Å². The number of thiophene rings is 1. The van der Waals surface area contributed by atoms with Crippen LogP contribution in [0.25, 0.3) is 16.0 Å². The smallest absolute Gasteiger partial charge is 0.506 e. The van der Waals surface area contributed by atoms with Gasteiger partial charge < -0.3 is 19.7 Å². The third-order valence-electron chi connectivity index (χ3n) is 4.62. The lowest BCUT2D eigenvalue weighted by molar-refractivity contribution is -0.274. The fourth-order valence-electron chi connectivity index (χ4n) is 3.19. The van der Waals surface area contributed by atoms with Crippen molar-refractivity contribution in [3.05, 3.63) is 64.3 Å². The van der Waals surface area contributed by atoms with Crippen LogP contribution < -0.4 is 9.47 Å². The van der Waals surface area contributed by atoms with Gasteiger partial charge in [0, 0.05) is 17.7 Å². The molecule has 0 spiro atoms. The van der Waals surface area contributed by atoms with Crippen LogP contribution in [-0.4, -0.2) is 32.1 Å². The average Bonchev–Trinajstić information content (AvgIpc) is 3.32. The highest BCUT2D eigenvalue weighted by Gasteiger charge is 2.31. The number of carboxylic acid groups (broad SMARTS) is 1. The van der Waals surface area contributed by atoms with Gasteiger partial charge in [-0.2, -0.15) is 0 Å². The number of fused-ring (bicyclic) bond motifs is 1. The van der Waals surface area contributed by atoms with E-state index in [4.69, 9.17) is 16.3 Å². The number of halogens is 4. The van der Waals surface area contributed by atoms with Crippen molar-refractivity contribution in [2.24, 2.45) is 0 Å². The fraction of sp³-hybridized carbons (Fsp3) is 0.143. The van der Waals surface area contributed by atoms with E-state index in [-0.39, 0.29) is 26.9 Å². The maximum Gasteiger partial charge on any atom is 0.573 e. The fourth-order valence-corrected chi connectivity index (χ4v) is 4.38. The van der Waals surface area contributed by atoms with E-state index in [0.717, 1.165) is 23.5 Å². The number of hydrogen-bond donors (Lipinski definition) is 2. The van der Waals surface area contributed by atoms with E-state index in [2.05, 4.69) is 9.72 Å². The van der Waals surface area contributed by atoms with Gasteiger partial charge in [-0.1, -0.05) is 23.7 Å². The Bertz CT molecular complexity index is 1350. The van der Waals surface area contributed by atoms with Crippen LogP contribution in [0.4, 0.5) is 13.2 Å². The summed E-state index contributed by atoms with van der Waals surface area (Å²) in [4.78, 5) is 15.8. The summed E-state index contributed by atoms with van der Waals surface area (Å²) in [6.07, 6.45) is -4.16. The largest absolute Gasteiger partial charge is 0.573 e. The number of aromatic carboxylic acids is 1. The first-order chi connectivity index (χ1) is 15.5. The summed E-state index contributed by atoms with van der Waals surface area (Å²) in [6.45, 7) is 1.65. The summed E-state index contributed by atoms with van der Waals surface area (Å²) in [6, 6.07) is 9.80. The number of alkyl halides is 3. The lowest BCUT2D eigenvalue weighted by Gasteiger charge is -2.16. The molecular weight excluding hydrogens is 485 g/mol. The Kier molecular flexibility index (Phi) is 5.85. The first-order valence-corrected chi connectivity index (χ1v) is 10.5. The summed E-state index contributed by atoms with van der Waals surface area (Å²) < 4.78 is 48.7. The summed E-state index contributed by atoms with van der Waals surface area (Å²) in [5.41, 5.74) is 1.13. The van der Waals surface area contributed by atoms with Crippen molar-refractivity contribution in [3.63, 3.8) is 0 Å². The zero-order chi connectivity index (χ0) is 23.9. The van der Waals surface area contributed by atoms with Crippen LogP contribution in [0, 0.1) is 0 Å². The molecule has 0 fully saturated rings. The monoisotopic (exact) mass is 498 g/mol. The minimum absolute atomic E-state index is 0.0632. The molecule has 0 saturated carbocycles. The van der Waals surface area contributed by atoms with Crippen LogP contribution in [0.15, 0.2) is 48.8 Å². The number of hydrogen-bond acceptors (Lipinski definition) is 6. The number of nitrogens with zero attached hydrogens (tertiary/aromatic N) is 2. The zero-order valence-electron chi connectivity index (χ0n) is 16.6. The van der Waals surface area contributed by atoms with E-state index in [1.807, 2.05) is 0 Å². The Morgan fingerprint density at radius 3 is 2.70 bits per heavy atom. The second-order valence-electron chi connectivity index (χ2n) is 6.84. The number of aromatic hydroxyl groups is 1. The second kappa shape index (κ2) is 8.49. The van der Waals surface area contributed by atoms with Crippen LogP contribution >= 0.6 is 22.9 Å². The van der Waals surface area contributed by atoms with Gasteiger partial charge in [0.25, 0.3) is 0 Å². The molecule has 0 amide bonds. The van der Waals surface area contributed by atoms with Gasteiger partial charge in [-0.3, -0.25) is 4.57 Å². The molecule has 2 heterocycles. The highest BCUT2D eigenvalue weighted by molar-refractivity contribution is 7.16. The molecule has 2 N–H and O–H groups in total. The zero-order valence-corrected chi connectivity index (χ0v) is 18.2. The summed E-state index contributed by atoms with van der Waals surface area (Å²) in [5, 5.41) is 20.0. The minimum Gasteiger partial charge on any atom is -0.506 e. The standard InChI is InChI=1S/C21H14ClF3N2O5S/c1-10(12-3-2-4-15(28)18(12)22)31-16-8-17(33-19(16)20(29)30)27-9-26-13-7-11(5-6-14(13)27)32-21(23,24)25/h2-10,28H,1H3,(H,29,30)/t10-/m1/s1. The van der Waals surface area contributed by atoms with Gasteiger partial charge in [0.15, 0.2) is 4.88 Å². The number of phenolic OH excluding ortho intramolecular Hbond substituents is 1. The lowest BCUT2D eigenvalue weighted by Crippen LogP contribution is -2.17. The number of ether oxygens (including phenoxy) is 2. The summed E-state index contributed by atoms with van der Waals surface area (Å²) in [5.74, 6) is -1.71. The Morgan fingerprint density at radius 2 is 2.00 bits per heavy atom. The van der Waals surface area contributed by atoms with Crippen molar-refractivity contribution in [1.82, 2.24) is 9.55 Å². The molecule has 2 aromatic carbocycles. The highest BCUT2D eigenvalue weighted by atomic mass is 35.5. The topological polar surface area (TPSA) is 93.8 Å². The number of phenols is 1. The van der Waals surface area contributed by atoms with Crippen molar-refractivity contribution >= 4 is 39.9 Å². The van der Waals surface area contributed by atoms with Crippen molar-refractivity contribution in [1.29, 1.82) is 0 Å². The van der Waals surface area contributed by atoms with E-state index in [0.29, 0.717) is 16.1 Å². The SMILES string of the molecule is C[C@@H](Oc1cc(-n2cnc3cc(OC(F)(F)F)ccc32)sc1C(=O)O)c1cccc(O)c1Cl. The van der Waals surface area contributed by atoms with Gasteiger partial charge in [-0.25, -0.2) is 9.78 Å². The van der Waals surface area contributed by atoms with Gasteiger partial charge in [0.2, 0.25) is 0 Å². The first-order valence-electron chi connectivity index (χ1n) is 9.28. The molecule has 0 aliphatic heterocycles. The number of carboxylic acids is 1. The molecule has 0 aliphatic rings. The lowest BCUT2D eigenvalue weighted by atomic mass is 10.1. The van der Waals surface area contributed by atoms with Gasteiger partial charge in [0.05, 0.1) is 16.1 Å². The molecule has 7 nitrogen and oxygen atoms in total. The summed E-state index contributed by atoms with van der Waals surface area (Å²) >= 11 is 7.03. The van der Waals surface area contributed by atoms with Crippen molar-refractivity contribution < 1.29 is 37.7 Å². The normalized spacial score (nSPS) is 12.6. The second-order valence-corrected chi connectivity index (χ2v) is 8.25. The number of benzene rings is 2. The molecule has 4 aromatic rings. The molecule has 0 saturated heterocycles. The van der Waals surface area contributed by atoms with Crippen molar-refractivity contribution in [2.75, 3.05) is 0 Å². The molecule has 2 aromatic heterocycles. The molecular formula is C21H14ClF3N2O5S. The molecule has 0 radical (unpaired) electrons. The quantitative estimate of drug-likeness (QED) is 0.329. The van der Waals surface area contributed by atoms with E-state index in [1.165, 1.54) is 29.1 Å². The first kappa shape index (κ1) is 22.7. The van der Waals surface area contributed by atoms with Crippen LogP contribution in [0.2, 0.25) is 5.02 Å². The van der Waals surface area contributed by atoms with Gasteiger partial charge in [-0.15, -0.1) is 24.5 Å².